The number of rotatable bonds is 2. The highest BCUT2D eigenvalue weighted by molar-refractivity contribution is 6.53. The maximum absolute atomic E-state index is 8.17. The van der Waals surface area contributed by atoms with Crippen LogP contribution in [-0.4, -0.2) is 11.4 Å². The van der Waals surface area contributed by atoms with Gasteiger partial charge in [0.25, 0.3) is 0 Å². The molecule has 2 N–H and O–H groups in total. The summed E-state index contributed by atoms with van der Waals surface area (Å²) < 4.78 is 0. The molecule has 1 aliphatic carbocycles. The molecule has 0 saturated heterocycles. The third-order valence-corrected chi connectivity index (χ3v) is 5.32. The van der Waals surface area contributed by atoms with Crippen molar-refractivity contribution in [2.75, 3.05) is 0 Å². The van der Waals surface area contributed by atoms with Crippen LogP contribution in [0.25, 0.3) is 16.7 Å². The van der Waals surface area contributed by atoms with Gasteiger partial charge in [0.05, 0.1) is 11.4 Å². The van der Waals surface area contributed by atoms with E-state index >= 15 is 0 Å². The summed E-state index contributed by atoms with van der Waals surface area (Å²) in [4.78, 5) is 0. The molecule has 0 unspecified atom stereocenters. The maximum atomic E-state index is 8.17. The van der Waals surface area contributed by atoms with E-state index in [-0.39, 0.29) is 16.8 Å². The minimum Gasteiger partial charge on any atom is -0.299 e. The van der Waals surface area contributed by atoms with Crippen LogP contribution in [0.15, 0.2) is 78.9 Å². The maximum Gasteiger partial charge on any atom is 0.0867 e. The Labute approximate surface area is 166 Å². The summed E-state index contributed by atoms with van der Waals surface area (Å²) in [5, 5.41) is 16.3. The van der Waals surface area contributed by atoms with Gasteiger partial charge >= 0.3 is 0 Å². The van der Waals surface area contributed by atoms with E-state index in [1.165, 1.54) is 16.7 Å². The molecule has 2 heteroatoms. The van der Waals surface area contributed by atoms with Crippen molar-refractivity contribution in [1.82, 2.24) is 0 Å². The van der Waals surface area contributed by atoms with E-state index in [1.54, 1.807) is 6.08 Å². The predicted molar refractivity (Wildman–Crippen MR) is 119 cm³/mol. The molecule has 4 rings (SSSR count). The minimum absolute atomic E-state index is 0.154. The van der Waals surface area contributed by atoms with Gasteiger partial charge in [0.2, 0.25) is 0 Å². The van der Waals surface area contributed by atoms with Crippen LogP contribution in [-0.2, 0) is 5.41 Å². The Kier molecular flexibility index (Phi) is 4.35. The second-order valence-electron chi connectivity index (χ2n) is 8.30. The monoisotopic (exact) mass is 364 g/mol. The fraction of sp³-hybridized carbons (Fsp3) is 0.154. The van der Waals surface area contributed by atoms with Gasteiger partial charge in [-0.3, -0.25) is 10.8 Å². The lowest BCUT2D eigenvalue weighted by molar-refractivity contribution is 0.590. The van der Waals surface area contributed by atoms with E-state index in [2.05, 4.69) is 69.3 Å². The Bertz CT molecular complexity index is 1090. The zero-order valence-corrected chi connectivity index (χ0v) is 16.5. The fourth-order valence-electron chi connectivity index (χ4n) is 3.62. The fourth-order valence-corrected chi connectivity index (χ4v) is 3.62. The van der Waals surface area contributed by atoms with E-state index in [0.29, 0.717) is 0 Å². The topological polar surface area (TPSA) is 47.7 Å². The van der Waals surface area contributed by atoms with E-state index in [9.17, 15) is 0 Å². The third-order valence-electron chi connectivity index (χ3n) is 5.32. The molecular weight excluding hydrogens is 340 g/mol. The van der Waals surface area contributed by atoms with Gasteiger partial charge in [0, 0.05) is 5.56 Å². The first-order valence-corrected chi connectivity index (χ1v) is 9.55. The first kappa shape index (κ1) is 18.1. The van der Waals surface area contributed by atoms with Crippen molar-refractivity contribution < 1.29 is 0 Å². The lowest BCUT2D eigenvalue weighted by atomic mass is 9.84. The van der Waals surface area contributed by atoms with Crippen molar-refractivity contribution in [3.63, 3.8) is 0 Å². The highest BCUT2D eigenvalue weighted by atomic mass is 14.5. The molecule has 0 atom stereocenters. The molecule has 0 fully saturated rings. The molecule has 3 aromatic rings. The van der Waals surface area contributed by atoms with Crippen LogP contribution in [0.3, 0.4) is 0 Å². The Balaban J connectivity index is 1.68. The van der Waals surface area contributed by atoms with Crippen molar-refractivity contribution in [3.05, 3.63) is 101 Å². The normalized spacial score (nSPS) is 13.9. The molecule has 138 valence electrons. The van der Waals surface area contributed by atoms with Crippen LogP contribution in [0.4, 0.5) is 0 Å². The number of nitrogens with one attached hydrogen (secondary N) is 2. The number of benzene rings is 3. The molecule has 3 aromatic carbocycles. The lowest BCUT2D eigenvalue weighted by Gasteiger charge is -2.20. The second-order valence-corrected chi connectivity index (χ2v) is 8.30. The molecule has 0 aliphatic heterocycles. The molecule has 0 bridgehead atoms. The standard InChI is InChI=1S/C26H24N2/c1-26(2,3)20-14-12-18(13-15-20)17-8-10-19(11-9-17)23-16-24(27)25(28)22-7-5-4-6-21(22)23/h4-16,27-28H,1-3H3. The Morgan fingerprint density at radius 1 is 0.607 bits per heavy atom. The number of allylic oxidation sites excluding steroid dienone is 1. The second kappa shape index (κ2) is 6.72. The third kappa shape index (κ3) is 3.22. The first-order chi connectivity index (χ1) is 13.3. The molecule has 0 heterocycles. The molecular formula is C26H24N2. The number of hydrogen-bond acceptors (Lipinski definition) is 2. The van der Waals surface area contributed by atoms with Crippen LogP contribution in [0.1, 0.15) is 43.0 Å². The molecule has 28 heavy (non-hydrogen) atoms. The van der Waals surface area contributed by atoms with Crippen LogP contribution < -0.4 is 0 Å². The van der Waals surface area contributed by atoms with Gasteiger partial charge in [-0.25, -0.2) is 0 Å². The molecule has 2 nitrogen and oxygen atoms in total. The highest BCUT2D eigenvalue weighted by Gasteiger charge is 2.21. The predicted octanol–water partition coefficient (Wildman–Crippen LogP) is 6.48. The molecule has 0 radical (unpaired) electrons. The summed E-state index contributed by atoms with van der Waals surface area (Å²) in [6.45, 7) is 6.68. The first-order valence-electron chi connectivity index (χ1n) is 9.55. The van der Waals surface area contributed by atoms with Gasteiger partial charge in [-0.05, 0) is 44.9 Å². The summed E-state index contributed by atoms with van der Waals surface area (Å²) in [5.74, 6) is 0. The van der Waals surface area contributed by atoms with Crippen LogP contribution in [0.5, 0.6) is 0 Å². The number of fused-ring (bicyclic) bond motifs is 1. The SMILES string of the molecule is CC(C)(C)c1ccc(-c2ccc(C3=CC(=N)C(=N)c4ccccc43)cc2)cc1. The van der Waals surface area contributed by atoms with Crippen LogP contribution >= 0.6 is 0 Å². The Morgan fingerprint density at radius 3 is 1.68 bits per heavy atom. The molecule has 0 amide bonds. The van der Waals surface area contributed by atoms with Crippen LogP contribution in [0, 0.1) is 10.8 Å². The van der Waals surface area contributed by atoms with Crippen LogP contribution in [0.2, 0.25) is 0 Å². The van der Waals surface area contributed by atoms with E-state index in [1.807, 2.05) is 24.3 Å². The van der Waals surface area contributed by atoms with Gasteiger partial charge in [-0.2, -0.15) is 0 Å². The minimum atomic E-state index is 0.154. The Morgan fingerprint density at radius 2 is 1.11 bits per heavy atom. The van der Waals surface area contributed by atoms with Gasteiger partial charge in [-0.1, -0.05) is 93.6 Å². The molecule has 1 aliphatic rings. The largest absolute Gasteiger partial charge is 0.299 e. The van der Waals surface area contributed by atoms with Gasteiger partial charge in [0.1, 0.15) is 0 Å². The summed E-state index contributed by atoms with van der Waals surface area (Å²) in [6, 6.07) is 25.1. The summed E-state index contributed by atoms with van der Waals surface area (Å²) in [6.07, 6.45) is 1.80. The smallest absolute Gasteiger partial charge is 0.0867 e. The lowest BCUT2D eigenvalue weighted by Crippen LogP contribution is -2.18. The van der Waals surface area contributed by atoms with Gasteiger partial charge < -0.3 is 0 Å². The van der Waals surface area contributed by atoms with Gasteiger partial charge in [0.15, 0.2) is 0 Å². The molecule has 0 spiro atoms. The molecule has 0 aromatic heterocycles. The average Bonchev–Trinajstić information content (AvgIpc) is 2.70. The van der Waals surface area contributed by atoms with Crippen molar-refractivity contribution in [3.8, 4) is 11.1 Å². The van der Waals surface area contributed by atoms with E-state index in [0.717, 1.165) is 22.3 Å². The summed E-state index contributed by atoms with van der Waals surface area (Å²) in [5.41, 5.74) is 8.33. The van der Waals surface area contributed by atoms with Crippen molar-refractivity contribution in [1.29, 1.82) is 10.8 Å². The van der Waals surface area contributed by atoms with Gasteiger partial charge in [-0.15, -0.1) is 0 Å². The summed E-state index contributed by atoms with van der Waals surface area (Å²) >= 11 is 0. The average molecular weight is 364 g/mol. The summed E-state index contributed by atoms with van der Waals surface area (Å²) in [7, 11) is 0. The van der Waals surface area contributed by atoms with Crippen molar-refractivity contribution >= 4 is 17.0 Å². The zero-order chi connectivity index (χ0) is 19.9. The zero-order valence-electron chi connectivity index (χ0n) is 16.5. The quantitative estimate of drug-likeness (QED) is 0.522. The van der Waals surface area contributed by atoms with Crippen molar-refractivity contribution in [2.24, 2.45) is 0 Å². The van der Waals surface area contributed by atoms with E-state index in [4.69, 9.17) is 10.8 Å². The number of hydrogen-bond donors (Lipinski definition) is 2. The molecule has 0 saturated carbocycles. The highest BCUT2D eigenvalue weighted by Crippen LogP contribution is 2.32. The van der Waals surface area contributed by atoms with E-state index < -0.39 is 0 Å². The Hall–Kier alpha value is -3.26. The van der Waals surface area contributed by atoms with Crippen molar-refractivity contribution in [2.45, 2.75) is 26.2 Å².